The van der Waals surface area contributed by atoms with Gasteiger partial charge in [-0.05, 0) is 48.9 Å². The Morgan fingerprint density at radius 3 is 2.61 bits per heavy atom. The summed E-state index contributed by atoms with van der Waals surface area (Å²) in [6.45, 7) is 2.42. The first-order valence-corrected chi connectivity index (χ1v) is 7.79. The molecule has 0 aliphatic rings. The standard InChI is InChI=1S/C18H16Cl2O3/c1-3-23-18-10-12(5-9-17(18)22-2)4-8-16(21)14-11-13(19)6-7-15(14)20/h4-11H,3H2,1-2H3. The molecule has 0 heterocycles. The second kappa shape index (κ2) is 8.04. The molecule has 23 heavy (non-hydrogen) atoms. The zero-order valence-corrected chi connectivity index (χ0v) is 14.3. The van der Waals surface area contributed by atoms with Crippen molar-refractivity contribution in [2.24, 2.45) is 0 Å². The van der Waals surface area contributed by atoms with E-state index in [1.165, 1.54) is 6.08 Å². The SMILES string of the molecule is CCOc1cc(C=CC(=O)c2cc(Cl)ccc2Cl)ccc1OC. The first kappa shape index (κ1) is 17.4. The maximum absolute atomic E-state index is 12.2. The Bertz CT molecular complexity index is 739. The third-order valence-corrected chi connectivity index (χ3v) is 3.67. The summed E-state index contributed by atoms with van der Waals surface area (Å²) in [7, 11) is 1.58. The Balaban J connectivity index is 2.24. The van der Waals surface area contributed by atoms with Gasteiger partial charge >= 0.3 is 0 Å². The second-order valence-corrected chi connectivity index (χ2v) is 5.51. The Morgan fingerprint density at radius 1 is 1.13 bits per heavy atom. The molecular formula is C18H16Cl2O3. The molecule has 2 aromatic rings. The molecule has 0 spiro atoms. The van der Waals surface area contributed by atoms with Gasteiger partial charge in [-0.2, -0.15) is 0 Å². The molecule has 0 aromatic heterocycles. The minimum atomic E-state index is -0.216. The van der Waals surface area contributed by atoms with Crippen molar-refractivity contribution in [1.82, 2.24) is 0 Å². The summed E-state index contributed by atoms with van der Waals surface area (Å²) in [6.07, 6.45) is 3.15. The lowest BCUT2D eigenvalue weighted by Gasteiger charge is -2.09. The molecule has 0 saturated heterocycles. The van der Waals surface area contributed by atoms with Crippen LogP contribution in [0.15, 0.2) is 42.5 Å². The summed E-state index contributed by atoms with van der Waals surface area (Å²) in [5.74, 6) is 1.06. The zero-order valence-electron chi connectivity index (χ0n) is 12.8. The number of halogens is 2. The van der Waals surface area contributed by atoms with E-state index in [1.54, 1.807) is 37.5 Å². The molecule has 0 atom stereocenters. The molecule has 0 amide bonds. The van der Waals surface area contributed by atoms with E-state index in [4.69, 9.17) is 32.7 Å². The van der Waals surface area contributed by atoms with E-state index in [2.05, 4.69) is 0 Å². The number of ether oxygens (including phenoxy) is 2. The smallest absolute Gasteiger partial charge is 0.187 e. The van der Waals surface area contributed by atoms with Gasteiger partial charge in [0.25, 0.3) is 0 Å². The van der Waals surface area contributed by atoms with Crippen LogP contribution < -0.4 is 9.47 Å². The number of carbonyl (C=O) groups is 1. The van der Waals surface area contributed by atoms with Crippen molar-refractivity contribution in [3.8, 4) is 11.5 Å². The topological polar surface area (TPSA) is 35.5 Å². The van der Waals surface area contributed by atoms with E-state index in [1.807, 2.05) is 19.1 Å². The number of carbonyl (C=O) groups excluding carboxylic acids is 1. The molecule has 0 N–H and O–H groups in total. The number of hydrogen-bond acceptors (Lipinski definition) is 3. The fourth-order valence-electron chi connectivity index (χ4n) is 2.01. The fraction of sp³-hybridized carbons (Fsp3) is 0.167. The van der Waals surface area contributed by atoms with Crippen molar-refractivity contribution < 1.29 is 14.3 Å². The highest BCUT2D eigenvalue weighted by molar-refractivity contribution is 6.36. The molecule has 2 aromatic carbocycles. The largest absolute Gasteiger partial charge is 0.493 e. The van der Waals surface area contributed by atoms with Crippen LogP contribution in [-0.4, -0.2) is 19.5 Å². The zero-order chi connectivity index (χ0) is 16.8. The average molecular weight is 351 g/mol. The minimum absolute atomic E-state index is 0.216. The van der Waals surface area contributed by atoms with Crippen molar-refractivity contribution in [2.75, 3.05) is 13.7 Å². The summed E-state index contributed by atoms with van der Waals surface area (Å²) < 4.78 is 10.7. The Labute approximate surface area is 145 Å². The Morgan fingerprint density at radius 2 is 1.91 bits per heavy atom. The van der Waals surface area contributed by atoms with Crippen LogP contribution in [0.1, 0.15) is 22.8 Å². The third-order valence-electron chi connectivity index (χ3n) is 3.11. The van der Waals surface area contributed by atoms with Crippen molar-refractivity contribution >= 4 is 35.1 Å². The fourth-order valence-corrected chi connectivity index (χ4v) is 2.40. The highest BCUT2D eigenvalue weighted by Gasteiger charge is 2.09. The van der Waals surface area contributed by atoms with Crippen molar-refractivity contribution in [3.63, 3.8) is 0 Å². The summed E-state index contributed by atoms with van der Waals surface area (Å²) in [6, 6.07) is 10.2. The van der Waals surface area contributed by atoms with Crippen LogP contribution in [0.4, 0.5) is 0 Å². The molecule has 2 rings (SSSR count). The van der Waals surface area contributed by atoms with Crippen LogP contribution in [0, 0.1) is 0 Å². The molecule has 0 saturated carbocycles. The number of allylic oxidation sites excluding steroid dienone is 1. The summed E-state index contributed by atoms with van der Waals surface area (Å²) in [5, 5.41) is 0.836. The number of methoxy groups -OCH3 is 1. The molecular weight excluding hydrogens is 335 g/mol. The van der Waals surface area contributed by atoms with Crippen LogP contribution in [0.5, 0.6) is 11.5 Å². The van der Waals surface area contributed by atoms with Gasteiger partial charge in [0.1, 0.15) is 0 Å². The molecule has 0 bridgehead atoms. The van der Waals surface area contributed by atoms with Gasteiger partial charge in [0.15, 0.2) is 17.3 Å². The van der Waals surface area contributed by atoms with Crippen LogP contribution in [-0.2, 0) is 0 Å². The number of hydrogen-bond donors (Lipinski definition) is 0. The van der Waals surface area contributed by atoms with Gasteiger partial charge in [-0.25, -0.2) is 0 Å². The molecule has 3 nitrogen and oxygen atoms in total. The van der Waals surface area contributed by atoms with E-state index in [0.29, 0.717) is 33.7 Å². The van der Waals surface area contributed by atoms with Gasteiger partial charge in [-0.15, -0.1) is 0 Å². The van der Waals surface area contributed by atoms with Gasteiger partial charge in [-0.3, -0.25) is 4.79 Å². The first-order chi connectivity index (χ1) is 11.0. The van der Waals surface area contributed by atoms with Crippen LogP contribution in [0.25, 0.3) is 6.08 Å². The van der Waals surface area contributed by atoms with Gasteiger partial charge in [0.2, 0.25) is 0 Å². The number of ketones is 1. The number of benzene rings is 2. The highest BCUT2D eigenvalue weighted by atomic mass is 35.5. The van der Waals surface area contributed by atoms with Crippen LogP contribution in [0.2, 0.25) is 10.0 Å². The molecule has 0 fully saturated rings. The quantitative estimate of drug-likeness (QED) is 0.524. The highest BCUT2D eigenvalue weighted by Crippen LogP contribution is 2.28. The minimum Gasteiger partial charge on any atom is -0.493 e. The van der Waals surface area contributed by atoms with E-state index in [9.17, 15) is 4.79 Å². The molecule has 120 valence electrons. The number of rotatable bonds is 6. The molecule has 0 unspecified atom stereocenters. The normalized spacial score (nSPS) is 10.8. The van der Waals surface area contributed by atoms with E-state index in [-0.39, 0.29) is 5.78 Å². The monoisotopic (exact) mass is 350 g/mol. The molecule has 0 radical (unpaired) electrons. The second-order valence-electron chi connectivity index (χ2n) is 4.67. The van der Waals surface area contributed by atoms with Crippen molar-refractivity contribution in [1.29, 1.82) is 0 Å². The Kier molecular flexibility index (Phi) is 6.08. The summed E-state index contributed by atoms with van der Waals surface area (Å²) in [4.78, 5) is 12.2. The molecule has 0 aliphatic carbocycles. The first-order valence-electron chi connectivity index (χ1n) is 7.03. The van der Waals surface area contributed by atoms with Gasteiger partial charge in [0, 0.05) is 10.6 Å². The van der Waals surface area contributed by atoms with Crippen molar-refractivity contribution in [2.45, 2.75) is 6.92 Å². The molecule has 5 heteroatoms. The summed E-state index contributed by atoms with van der Waals surface area (Å²) >= 11 is 11.9. The lowest BCUT2D eigenvalue weighted by molar-refractivity contribution is 0.104. The predicted molar refractivity (Wildman–Crippen MR) is 94.0 cm³/mol. The van der Waals surface area contributed by atoms with Crippen molar-refractivity contribution in [3.05, 3.63) is 63.6 Å². The summed E-state index contributed by atoms with van der Waals surface area (Å²) in [5.41, 5.74) is 1.19. The van der Waals surface area contributed by atoms with Crippen LogP contribution >= 0.6 is 23.2 Å². The average Bonchev–Trinajstić information content (AvgIpc) is 2.55. The molecule has 0 aliphatic heterocycles. The lowest BCUT2D eigenvalue weighted by Crippen LogP contribution is -1.96. The van der Waals surface area contributed by atoms with Gasteiger partial charge in [0.05, 0.1) is 18.7 Å². The van der Waals surface area contributed by atoms with E-state index < -0.39 is 0 Å². The third kappa shape index (κ3) is 4.50. The maximum atomic E-state index is 12.2. The lowest BCUT2D eigenvalue weighted by atomic mass is 10.1. The Hall–Kier alpha value is -1.97. The van der Waals surface area contributed by atoms with Gasteiger partial charge < -0.3 is 9.47 Å². The van der Waals surface area contributed by atoms with Gasteiger partial charge in [-0.1, -0.05) is 35.3 Å². The van der Waals surface area contributed by atoms with Crippen LogP contribution in [0.3, 0.4) is 0 Å². The van der Waals surface area contributed by atoms with E-state index in [0.717, 1.165) is 5.56 Å². The maximum Gasteiger partial charge on any atom is 0.187 e. The van der Waals surface area contributed by atoms with E-state index >= 15 is 0 Å². The predicted octanol–water partition coefficient (Wildman–Crippen LogP) is 5.30.